The van der Waals surface area contributed by atoms with E-state index >= 15 is 0 Å². The highest BCUT2D eigenvalue weighted by Crippen LogP contribution is 2.21. The number of nitrogens with zero attached hydrogens (tertiary/aromatic N) is 1. The first-order valence-electron chi connectivity index (χ1n) is 6.73. The van der Waals surface area contributed by atoms with Gasteiger partial charge in [-0.15, -0.1) is 0 Å². The molecule has 21 heavy (non-hydrogen) atoms. The number of hydrogen-bond donors (Lipinski definition) is 1. The van der Waals surface area contributed by atoms with Crippen molar-refractivity contribution in [3.05, 3.63) is 71.7 Å². The molecule has 0 radical (unpaired) electrons. The summed E-state index contributed by atoms with van der Waals surface area (Å²) >= 11 is 0. The van der Waals surface area contributed by atoms with E-state index in [-0.39, 0.29) is 5.82 Å². The molecule has 0 spiro atoms. The van der Waals surface area contributed by atoms with Gasteiger partial charge in [-0.25, -0.2) is 4.39 Å². The van der Waals surface area contributed by atoms with E-state index in [1.807, 2.05) is 37.3 Å². The Morgan fingerprint density at radius 3 is 2.38 bits per heavy atom. The lowest BCUT2D eigenvalue weighted by atomic mass is 10.1. The molecule has 0 fully saturated rings. The molecule has 0 unspecified atom stereocenters. The molecule has 1 aromatic heterocycles. The molecule has 1 N–H and O–H groups in total. The second-order valence-electron chi connectivity index (χ2n) is 4.88. The molecule has 0 saturated heterocycles. The molecule has 0 saturated carbocycles. The van der Waals surface area contributed by atoms with Crippen molar-refractivity contribution in [3.8, 4) is 11.3 Å². The van der Waals surface area contributed by atoms with Crippen molar-refractivity contribution < 1.29 is 8.91 Å². The van der Waals surface area contributed by atoms with Gasteiger partial charge in [0.05, 0.1) is 0 Å². The molecule has 0 aliphatic rings. The highest BCUT2D eigenvalue weighted by Gasteiger charge is 2.03. The van der Waals surface area contributed by atoms with Crippen LogP contribution in [0.25, 0.3) is 11.3 Å². The summed E-state index contributed by atoms with van der Waals surface area (Å²) in [6.45, 7) is 2.53. The lowest BCUT2D eigenvalue weighted by Crippen LogP contribution is -1.99. The average Bonchev–Trinajstić information content (AvgIpc) is 2.94. The van der Waals surface area contributed by atoms with E-state index < -0.39 is 0 Å². The van der Waals surface area contributed by atoms with Gasteiger partial charge in [0.2, 0.25) is 0 Å². The monoisotopic (exact) mass is 282 g/mol. The molecule has 2 aromatic carbocycles. The molecule has 0 amide bonds. The summed E-state index contributed by atoms with van der Waals surface area (Å²) in [5.74, 6) is 0.578. The number of rotatable bonds is 4. The van der Waals surface area contributed by atoms with Crippen LogP contribution in [0.5, 0.6) is 0 Å². The van der Waals surface area contributed by atoms with Gasteiger partial charge in [-0.05, 0) is 36.8 Å². The van der Waals surface area contributed by atoms with E-state index in [1.54, 1.807) is 12.1 Å². The Balaban J connectivity index is 1.65. The summed E-state index contributed by atoms with van der Waals surface area (Å²) in [5, 5.41) is 7.28. The summed E-state index contributed by atoms with van der Waals surface area (Å²) < 4.78 is 17.9. The molecule has 4 heteroatoms. The van der Waals surface area contributed by atoms with Crippen LogP contribution in [-0.4, -0.2) is 5.16 Å². The lowest BCUT2D eigenvalue weighted by molar-refractivity contribution is 0.399. The molecule has 0 aliphatic carbocycles. The van der Waals surface area contributed by atoms with Crippen molar-refractivity contribution in [1.29, 1.82) is 0 Å². The van der Waals surface area contributed by atoms with Crippen molar-refractivity contribution in [2.75, 3.05) is 5.32 Å². The first-order chi connectivity index (χ1) is 10.2. The lowest BCUT2D eigenvalue weighted by Gasteiger charge is -2.07. The van der Waals surface area contributed by atoms with E-state index in [0.717, 1.165) is 28.3 Å². The summed E-state index contributed by atoms with van der Waals surface area (Å²) in [6, 6.07) is 16.3. The summed E-state index contributed by atoms with van der Waals surface area (Å²) in [4.78, 5) is 0. The standard InChI is InChI=1S/C17H15FN2O/c1-12-10-17(20-21-12)14-4-8-16(9-5-14)19-11-13-2-6-15(18)7-3-13/h2-10,19H,11H2,1H3. The Morgan fingerprint density at radius 1 is 1.05 bits per heavy atom. The Labute approximate surface area is 122 Å². The number of anilines is 1. The molecule has 0 atom stereocenters. The van der Waals surface area contributed by atoms with Crippen LogP contribution in [0.15, 0.2) is 59.1 Å². The Kier molecular flexibility index (Phi) is 3.69. The van der Waals surface area contributed by atoms with Gasteiger partial charge in [0.25, 0.3) is 0 Å². The van der Waals surface area contributed by atoms with Gasteiger partial charge in [0, 0.05) is 23.9 Å². The zero-order chi connectivity index (χ0) is 14.7. The molecule has 0 aliphatic heterocycles. The first-order valence-corrected chi connectivity index (χ1v) is 6.73. The molecular weight excluding hydrogens is 267 g/mol. The second-order valence-corrected chi connectivity index (χ2v) is 4.88. The highest BCUT2D eigenvalue weighted by molar-refractivity contribution is 5.62. The second kappa shape index (κ2) is 5.79. The topological polar surface area (TPSA) is 38.1 Å². The van der Waals surface area contributed by atoms with Crippen LogP contribution in [0.3, 0.4) is 0 Å². The summed E-state index contributed by atoms with van der Waals surface area (Å²) in [5.41, 5.74) is 3.88. The van der Waals surface area contributed by atoms with E-state index in [1.165, 1.54) is 12.1 Å². The number of halogens is 1. The van der Waals surface area contributed by atoms with Crippen molar-refractivity contribution in [1.82, 2.24) is 5.16 Å². The number of hydrogen-bond acceptors (Lipinski definition) is 3. The van der Waals surface area contributed by atoms with Crippen LogP contribution in [0.2, 0.25) is 0 Å². The number of benzene rings is 2. The predicted octanol–water partition coefficient (Wildman–Crippen LogP) is 4.40. The maximum atomic E-state index is 12.8. The SMILES string of the molecule is Cc1cc(-c2ccc(NCc3ccc(F)cc3)cc2)no1. The predicted molar refractivity (Wildman–Crippen MR) is 80.4 cm³/mol. The van der Waals surface area contributed by atoms with Crippen LogP contribution in [0.1, 0.15) is 11.3 Å². The van der Waals surface area contributed by atoms with Crippen LogP contribution >= 0.6 is 0 Å². The summed E-state index contributed by atoms with van der Waals surface area (Å²) in [7, 11) is 0. The van der Waals surface area contributed by atoms with E-state index in [9.17, 15) is 4.39 Å². The van der Waals surface area contributed by atoms with Crippen molar-refractivity contribution >= 4 is 5.69 Å². The van der Waals surface area contributed by atoms with E-state index in [4.69, 9.17) is 4.52 Å². The Bertz CT molecular complexity index is 717. The average molecular weight is 282 g/mol. The van der Waals surface area contributed by atoms with Crippen LogP contribution < -0.4 is 5.32 Å². The maximum Gasteiger partial charge on any atom is 0.134 e. The number of nitrogens with one attached hydrogen (secondary N) is 1. The minimum absolute atomic E-state index is 0.217. The minimum atomic E-state index is -0.217. The van der Waals surface area contributed by atoms with Gasteiger partial charge in [-0.1, -0.05) is 29.4 Å². The van der Waals surface area contributed by atoms with Gasteiger partial charge in [0.1, 0.15) is 17.3 Å². The van der Waals surface area contributed by atoms with Gasteiger partial charge in [-0.2, -0.15) is 0 Å². The maximum absolute atomic E-state index is 12.8. The van der Waals surface area contributed by atoms with E-state index in [0.29, 0.717) is 6.54 Å². The van der Waals surface area contributed by atoms with Crippen molar-refractivity contribution in [3.63, 3.8) is 0 Å². The third kappa shape index (κ3) is 3.28. The minimum Gasteiger partial charge on any atom is -0.381 e. The van der Waals surface area contributed by atoms with Gasteiger partial charge in [-0.3, -0.25) is 0 Å². The van der Waals surface area contributed by atoms with Gasteiger partial charge >= 0.3 is 0 Å². The molecule has 106 valence electrons. The third-order valence-electron chi connectivity index (χ3n) is 3.22. The third-order valence-corrected chi connectivity index (χ3v) is 3.22. The molecule has 3 nitrogen and oxygen atoms in total. The molecule has 3 rings (SSSR count). The van der Waals surface area contributed by atoms with Crippen molar-refractivity contribution in [2.45, 2.75) is 13.5 Å². The first kappa shape index (κ1) is 13.4. The largest absolute Gasteiger partial charge is 0.381 e. The van der Waals surface area contributed by atoms with Gasteiger partial charge < -0.3 is 9.84 Å². The van der Waals surface area contributed by atoms with Gasteiger partial charge in [0.15, 0.2) is 0 Å². The number of aryl methyl sites for hydroxylation is 1. The zero-order valence-corrected chi connectivity index (χ0v) is 11.6. The fourth-order valence-corrected chi connectivity index (χ4v) is 2.07. The van der Waals surface area contributed by atoms with Crippen LogP contribution in [0.4, 0.5) is 10.1 Å². The van der Waals surface area contributed by atoms with Crippen molar-refractivity contribution in [2.24, 2.45) is 0 Å². The molecule has 0 bridgehead atoms. The van der Waals surface area contributed by atoms with Crippen LogP contribution in [-0.2, 0) is 6.54 Å². The summed E-state index contributed by atoms with van der Waals surface area (Å²) in [6.07, 6.45) is 0. The smallest absolute Gasteiger partial charge is 0.134 e. The molecular formula is C17H15FN2O. The fourth-order valence-electron chi connectivity index (χ4n) is 2.07. The van der Waals surface area contributed by atoms with E-state index in [2.05, 4.69) is 10.5 Å². The molecule has 3 aromatic rings. The molecule has 1 heterocycles. The Morgan fingerprint density at radius 2 is 1.76 bits per heavy atom. The number of aromatic nitrogens is 1. The van der Waals surface area contributed by atoms with Crippen LogP contribution in [0, 0.1) is 12.7 Å². The zero-order valence-electron chi connectivity index (χ0n) is 11.6. The quantitative estimate of drug-likeness (QED) is 0.770. The fraction of sp³-hybridized carbons (Fsp3) is 0.118. The Hall–Kier alpha value is -2.62. The normalized spacial score (nSPS) is 10.6. The highest BCUT2D eigenvalue weighted by atomic mass is 19.1.